The van der Waals surface area contributed by atoms with Crippen molar-refractivity contribution in [2.75, 3.05) is 0 Å². The minimum atomic E-state index is -1.43. The summed E-state index contributed by atoms with van der Waals surface area (Å²) in [5.74, 6) is -2.67. The van der Waals surface area contributed by atoms with Crippen molar-refractivity contribution in [1.29, 1.82) is 0 Å². The fourth-order valence-electron chi connectivity index (χ4n) is 4.10. The van der Waals surface area contributed by atoms with Gasteiger partial charge in [0.2, 0.25) is 5.43 Å². The topological polar surface area (TPSA) is 77.1 Å². The Labute approximate surface area is 198 Å². The first-order valence-electron chi connectivity index (χ1n) is 10.8. The summed E-state index contributed by atoms with van der Waals surface area (Å²) in [6.45, 7) is 0.426. The molecule has 0 unspecified atom stereocenters. The number of hydrogen-bond acceptors (Lipinski definition) is 3. The van der Waals surface area contributed by atoms with Gasteiger partial charge in [-0.3, -0.25) is 9.48 Å². The summed E-state index contributed by atoms with van der Waals surface area (Å²) in [5, 5.41) is 13.7. The number of carboxylic acid groups (broad SMARTS) is 1. The zero-order chi connectivity index (χ0) is 24.5. The van der Waals surface area contributed by atoms with E-state index in [1.807, 2.05) is 36.5 Å². The highest BCUT2D eigenvalue weighted by atomic mass is 19.1. The molecule has 1 N–H and O–H groups in total. The highest BCUT2D eigenvalue weighted by Gasteiger charge is 2.18. The van der Waals surface area contributed by atoms with Crippen LogP contribution in [0.4, 0.5) is 8.78 Å². The standard InChI is InChI=1S/C27H19F2N3O3/c28-23-8-4-7-21-25(23)31(16-22(26(21)33)27(34)35)14-19-10-9-18(11-24(19)29)20-12-30-32(15-20)13-17-5-2-1-3-6-17/h1-12,15-16H,13-14H2,(H,34,35). The number of nitrogens with zero attached hydrogens (tertiary/aromatic N) is 3. The number of fused-ring (bicyclic) bond motifs is 1. The minimum Gasteiger partial charge on any atom is -0.477 e. The van der Waals surface area contributed by atoms with Crippen LogP contribution in [0.5, 0.6) is 0 Å². The van der Waals surface area contributed by atoms with Crippen LogP contribution in [0.3, 0.4) is 0 Å². The molecule has 0 aliphatic rings. The van der Waals surface area contributed by atoms with E-state index >= 15 is 4.39 Å². The Morgan fingerprint density at radius 1 is 0.886 bits per heavy atom. The number of para-hydroxylation sites is 1. The summed E-state index contributed by atoms with van der Waals surface area (Å²) in [6.07, 6.45) is 4.53. The lowest BCUT2D eigenvalue weighted by atomic mass is 10.1. The van der Waals surface area contributed by atoms with Gasteiger partial charge in [-0.15, -0.1) is 0 Å². The number of halogens is 2. The molecule has 3 aromatic carbocycles. The lowest BCUT2D eigenvalue weighted by Crippen LogP contribution is -2.20. The lowest BCUT2D eigenvalue weighted by Gasteiger charge is -2.14. The van der Waals surface area contributed by atoms with E-state index in [9.17, 15) is 19.1 Å². The normalized spacial score (nSPS) is 11.1. The predicted octanol–water partition coefficient (Wildman–Crippen LogP) is 4.94. The highest BCUT2D eigenvalue weighted by Crippen LogP contribution is 2.24. The molecule has 0 aliphatic heterocycles. The third-order valence-corrected chi connectivity index (χ3v) is 5.83. The van der Waals surface area contributed by atoms with Gasteiger partial charge in [-0.25, -0.2) is 13.6 Å². The molecule has 2 heterocycles. The van der Waals surface area contributed by atoms with Gasteiger partial charge in [0.05, 0.1) is 24.8 Å². The molecule has 2 aromatic heterocycles. The van der Waals surface area contributed by atoms with E-state index in [4.69, 9.17) is 0 Å². The molecule has 6 nitrogen and oxygen atoms in total. The fraction of sp³-hybridized carbons (Fsp3) is 0.0741. The van der Waals surface area contributed by atoms with Crippen molar-refractivity contribution in [1.82, 2.24) is 14.3 Å². The molecule has 0 saturated carbocycles. The Morgan fingerprint density at radius 3 is 2.43 bits per heavy atom. The van der Waals surface area contributed by atoms with Gasteiger partial charge in [0.15, 0.2) is 0 Å². The molecule has 0 saturated heterocycles. The second-order valence-corrected chi connectivity index (χ2v) is 8.16. The molecule has 0 spiro atoms. The lowest BCUT2D eigenvalue weighted by molar-refractivity contribution is 0.0695. The number of aromatic carboxylic acids is 1. The van der Waals surface area contributed by atoms with E-state index < -0.39 is 28.6 Å². The molecular weight excluding hydrogens is 452 g/mol. The van der Waals surface area contributed by atoms with E-state index in [2.05, 4.69) is 5.10 Å². The van der Waals surface area contributed by atoms with E-state index in [0.717, 1.165) is 17.3 Å². The summed E-state index contributed by atoms with van der Waals surface area (Å²) in [7, 11) is 0. The average Bonchev–Trinajstić information content (AvgIpc) is 3.31. The first kappa shape index (κ1) is 22.2. The van der Waals surface area contributed by atoms with E-state index in [1.54, 1.807) is 23.0 Å². The molecule has 5 aromatic rings. The van der Waals surface area contributed by atoms with Crippen molar-refractivity contribution in [3.8, 4) is 11.1 Å². The van der Waals surface area contributed by atoms with Crippen molar-refractivity contribution in [3.05, 3.63) is 124 Å². The zero-order valence-corrected chi connectivity index (χ0v) is 18.4. The quantitative estimate of drug-likeness (QED) is 0.381. The maximum atomic E-state index is 15.1. The molecule has 5 rings (SSSR count). The molecular formula is C27H19F2N3O3. The van der Waals surface area contributed by atoms with Gasteiger partial charge in [0.25, 0.3) is 0 Å². The second-order valence-electron chi connectivity index (χ2n) is 8.16. The molecule has 0 aliphatic carbocycles. The summed E-state index contributed by atoms with van der Waals surface area (Å²) in [5.41, 5.74) is 1.29. The maximum Gasteiger partial charge on any atom is 0.341 e. The van der Waals surface area contributed by atoms with Gasteiger partial charge in [-0.1, -0.05) is 48.5 Å². The van der Waals surface area contributed by atoms with Crippen LogP contribution in [-0.4, -0.2) is 25.4 Å². The van der Waals surface area contributed by atoms with Crippen LogP contribution < -0.4 is 5.43 Å². The largest absolute Gasteiger partial charge is 0.477 e. The van der Waals surface area contributed by atoms with Crippen LogP contribution in [0.15, 0.2) is 90.1 Å². The monoisotopic (exact) mass is 471 g/mol. The summed E-state index contributed by atoms with van der Waals surface area (Å²) in [4.78, 5) is 24.0. The van der Waals surface area contributed by atoms with Crippen LogP contribution >= 0.6 is 0 Å². The number of carboxylic acids is 1. The van der Waals surface area contributed by atoms with Gasteiger partial charge in [-0.2, -0.15) is 5.10 Å². The van der Waals surface area contributed by atoms with Crippen molar-refractivity contribution in [3.63, 3.8) is 0 Å². The highest BCUT2D eigenvalue weighted by molar-refractivity contribution is 5.92. The predicted molar refractivity (Wildman–Crippen MR) is 127 cm³/mol. The molecule has 8 heteroatoms. The first-order valence-corrected chi connectivity index (χ1v) is 10.8. The average molecular weight is 471 g/mol. The van der Waals surface area contributed by atoms with Gasteiger partial charge in [0, 0.05) is 28.9 Å². The Hall–Kier alpha value is -4.59. The number of hydrogen-bond donors (Lipinski definition) is 1. The summed E-state index contributed by atoms with van der Waals surface area (Å²) >= 11 is 0. The van der Waals surface area contributed by atoms with Crippen LogP contribution in [0.1, 0.15) is 21.5 Å². The second kappa shape index (κ2) is 8.98. The number of aromatic nitrogens is 3. The number of rotatable bonds is 6. The smallest absolute Gasteiger partial charge is 0.341 e. The minimum absolute atomic E-state index is 0.0758. The van der Waals surface area contributed by atoms with Crippen molar-refractivity contribution in [2.45, 2.75) is 13.1 Å². The summed E-state index contributed by atoms with van der Waals surface area (Å²) in [6, 6.07) is 18.3. The van der Waals surface area contributed by atoms with Gasteiger partial charge in [0.1, 0.15) is 17.2 Å². The third kappa shape index (κ3) is 4.33. The Balaban J connectivity index is 1.47. The molecule has 35 heavy (non-hydrogen) atoms. The third-order valence-electron chi connectivity index (χ3n) is 5.83. The van der Waals surface area contributed by atoms with Gasteiger partial charge >= 0.3 is 5.97 Å². The Kier molecular flexibility index (Phi) is 5.70. The van der Waals surface area contributed by atoms with E-state index in [0.29, 0.717) is 12.1 Å². The van der Waals surface area contributed by atoms with Crippen molar-refractivity contribution >= 4 is 16.9 Å². The molecule has 0 bridgehead atoms. The number of carbonyl (C=O) groups is 1. The first-order chi connectivity index (χ1) is 16.9. The SMILES string of the molecule is O=C(O)c1cn(Cc2ccc(-c3cnn(Cc4ccccc4)c3)cc2F)c2c(F)cccc2c1=O. The van der Waals surface area contributed by atoms with Gasteiger partial charge in [-0.05, 0) is 29.3 Å². The van der Waals surface area contributed by atoms with E-state index in [-0.39, 0.29) is 23.0 Å². The molecule has 0 fully saturated rings. The fourth-order valence-corrected chi connectivity index (χ4v) is 4.10. The van der Waals surface area contributed by atoms with Crippen molar-refractivity contribution in [2.24, 2.45) is 0 Å². The van der Waals surface area contributed by atoms with E-state index in [1.165, 1.54) is 28.8 Å². The zero-order valence-electron chi connectivity index (χ0n) is 18.4. The van der Waals surface area contributed by atoms with Crippen LogP contribution in [0.2, 0.25) is 0 Å². The van der Waals surface area contributed by atoms with Crippen LogP contribution in [-0.2, 0) is 13.1 Å². The van der Waals surface area contributed by atoms with Gasteiger partial charge < -0.3 is 9.67 Å². The number of pyridine rings is 1. The molecule has 174 valence electrons. The van der Waals surface area contributed by atoms with Crippen LogP contribution in [0.25, 0.3) is 22.0 Å². The molecule has 0 radical (unpaired) electrons. The maximum absolute atomic E-state index is 15.1. The Morgan fingerprint density at radius 2 is 1.69 bits per heavy atom. The molecule has 0 amide bonds. The summed E-state index contributed by atoms with van der Waals surface area (Å²) < 4.78 is 32.7. The molecule has 0 atom stereocenters. The van der Waals surface area contributed by atoms with Crippen molar-refractivity contribution < 1.29 is 18.7 Å². The number of benzene rings is 3. The Bertz CT molecular complexity index is 1620. The van der Waals surface area contributed by atoms with Crippen LogP contribution in [0, 0.1) is 11.6 Å².